The number of benzene rings is 1. The second-order valence-electron chi connectivity index (χ2n) is 7.60. The zero-order valence-corrected chi connectivity index (χ0v) is 16.4. The van der Waals surface area contributed by atoms with Crippen molar-refractivity contribution in [2.45, 2.75) is 46.3 Å². The SMILES string of the molecule is CCn1cc(C(=O)N2CCCN(Cc3ccc(F)cc3)C(C(C)C)C2)cn1. The number of rotatable bonds is 5. The number of aromatic nitrogens is 2. The van der Waals surface area contributed by atoms with Crippen LogP contribution in [0.1, 0.15) is 43.1 Å². The molecule has 1 aromatic heterocycles. The average molecular weight is 372 g/mol. The van der Waals surface area contributed by atoms with Crippen LogP contribution in [0.2, 0.25) is 0 Å². The average Bonchev–Trinajstić information content (AvgIpc) is 3.04. The van der Waals surface area contributed by atoms with Crippen LogP contribution in [0.25, 0.3) is 0 Å². The van der Waals surface area contributed by atoms with Gasteiger partial charge in [-0.05, 0) is 37.0 Å². The molecule has 1 fully saturated rings. The molecule has 0 radical (unpaired) electrons. The van der Waals surface area contributed by atoms with E-state index >= 15 is 0 Å². The van der Waals surface area contributed by atoms with Crippen molar-refractivity contribution in [2.24, 2.45) is 5.92 Å². The van der Waals surface area contributed by atoms with Crippen LogP contribution in [0.3, 0.4) is 0 Å². The minimum absolute atomic E-state index is 0.0592. The normalized spacial score (nSPS) is 18.7. The molecule has 3 rings (SSSR count). The number of halogens is 1. The first-order chi connectivity index (χ1) is 13.0. The molecular formula is C21H29FN4O. The van der Waals surface area contributed by atoms with Crippen LogP contribution in [0.15, 0.2) is 36.7 Å². The Morgan fingerprint density at radius 3 is 2.63 bits per heavy atom. The Hall–Kier alpha value is -2.21. The van der Waals surface area contributed by atoms with E-state index in [-0.39, 0.29) is 17.8 Å². The lowest BCUT2D eigenvalue weighted by molar-refractivity contribution is 0.0702. The van der Waals surface area contributed by atoms with Crippen molar-refractivity contribution < 1.29 is 9.18 Å². The molecule has 1 saturated heterocycles. The van der Waals surface area contributed by atoms with Gasteiger partial charge in [0, 0.05) is 45.0 Å². The van der Waals surface area contributed by atoms with Crippen LogP contribution in [-0.2, 0) is 13.1 Å². The quantitative estimate of drug-likeness (QED) is 0.808. The first-order valence-corrected chi connectivity index (χ1v) is 9.78. The zero-order valence-electron chi connectivity index (χ0n) is 16.4. The third-order valence-corrected chi connectivity index (χ3v) is 5.31. The van der Waals surface area contributed by atoms with E-state index in [1.54, 1.807) is 10.9 Å². The minimum Gasteiger partial charge on any atom is -0.337 e. The largest absolute Gasteiger partial charge is 0.337 e. The number of carbonyl (C=O) groups is 1. The monoisotopic (exact) mass is 372 g/mol. The summed E-state index contributed by atoms with van der Waals surface area (Å²) >= 11 is 0. The summed E-state index contributed by atoms with van der Waals surface area (Å²) in [6.07, 6.45) is 4.42. The van der Waals surface area contributed by atoms with Gasteiger partial charge in [-0.25, -0.2) is 4.39 Å². The Balaban J connectivity index is 1.74. The van der Waals surface area contributed by atoms with Gasteiger partial charge in [0.15, 0.2) is 0 Å². The van der Waals surface area contributed by atoms with E-state index < -0.39 is 0 Å². The summed E-state index contributed by atoms with van der Waals surface area (Å²) in [7, 11) is 0. The summed E-state index contributed by atoms with van der Waals surface area (Å²) in [5.41, 5.74) is 1.76. The lowest BCUT2D eigenvalue weighted by Gasteiger charge is -2.34. The van der Waals surface area contributed by atoms with Gasteiger partial charge in [-0.3, -0.25) is 14.4 Å². The predicted molar refractivity (Wildman–Crippen MR) is 104 cm³/mol. The maximum atomic E-state index is 13.2. The standard InChI is InChI=1S/C21H29FN4O/c1-4-26-14-18(12-23-26)21(27)25-11-5-10-24(20(15-25)16(2)3)13-17-6-8-19(22)9-7-17/h6-9,12,14,16,20H,4-5,10-11,13,15H2,1-3H3. The molecule has 2 heterocycles. The van der Waals surface area contributed by atoms with Gasteiger partial charge in [0.25, 0.3) is 5.91 Å². The Bertz CT molecular complexity index is 756. The summed E-state index contributed by atoms with van der Waals surface area (Å²) in [5.74, 6) is 0.264. The fourth-order valence-corrected chi connectivity index (χ4v) is 3.73. The van der Waals surface area contributed by atoms with Crippen molar-refractivity contribution in [3.63, 3.8) is 0 Å². The number of carbonyl (C=O) groups excluding carboxylic acids is 1. The van der Waals surface area contributed by atoms with Crippen molar-refractivity contribution >= 4 is 5.91 Å². The van der Waals surface area contributed by atoms with Crippen LogP contribution in [0.4, 0.5) is 4.39 Å². The molecular weight excluding hydrogens is 343 g/mol. The fraction of sp³-hybridized carbons (Fsp3) is 0.524. The van der Waals surface area contributed by atoms with Crippen molar-refractivity contribution in [1.29, 1.82) is 0 Å². The van der Waals surface area contributed by atoms with Crippen molar-refractivity contribution in [1.82, 2.24) is 19.6 Å². The highest BCUT2D eigenvalue weighted by Gasteiger charge is 2.30. The van der Waals surface area contributed by atoms with E-state index in [9.17, 15) is 9.18 Å². The molecule has 0 bridgehead atoms. The van der Waals surface area contributed by atoms with Gasteiger partial charge < -0.3 is 4.90 Å². The molecule has 0 spiro atoms. The third kappa shape index (κ3) is 4.75. The van der Waals surface area contributed by atoms with Crippen molar-refractivity contribution in [3.05, 3.63) is 53.6 Å². The molecule has 1 aliphatic heterocycles. The van der Waals surface area contributed by atoms with E-state index in [0.29, 0.717) is 18.0 Å². The van der Waals surface area contributed by atoms with Gasteiger partial charge in [-0.15, -0.1) is 0 Å². The predicted octanol–water partition coefficient (Wildman–Crippen LogP) is 3.41. The molecule has 146 valence electrons. The van der Waals surface area contributed by atoms with Gasteiger partial charge in [0.05, 0.1) is 11.8 Å². The van der Waals surface area contributed by atoms with Crippen LogP contribution < -0.4 is 0 Å². The highest BCUT2D eigenvalue weighted by molar-refractivity contribution is 5.93. The second kappa shape index (κ2) is 8.65. The molecule has 27 heavy (non-hydrogen) atoms. The Morgan fingerprint density at radius 2 is 2.00 bits per heavy atom. The second-order valence-corrected chi connectivity index (χ2v) is 7.60. The maximum Gasteiger partial charge on any atom is 0.257 e. The molecule has 0 aliphatic carbocycles. The summed E-state index contributed by atoms with van der Waals surface area (Å²) in [6, 6.07) is 6.99. The molecule has 1 unspecified atom stereocenters. The Kier molecular flexibility index (Phi) is 6.26. The maximum absolute atomic E-state index is 13.2. The summed E-state index contributed by atoms with van der Waals surface area (Å²) in [6.45, 7) is 10.3. The molecule has 5 nitrogen and oxygen atoms in total. The molecule has 6 heteroatoms. The highest BCUT2D eigenvalue weighted by Crippen LogP contribution is 2.21. The zero-order chi connectivity index (χ0) is 19.4. The van der Waals surface area contributed by atoms with E-state index in [2.05, 4.69) is 23.8 Å². The smallest absolute Gasteiger partial charge is 0.257 e. The Labute approximate surface area is 160 Å². The van der Waals surface area contributed by atoms with E-state index in [4.69, 9.17) is 0 Å². The lowest BCUT2D eigenvalue weighted by atomic mass is 10.0. The number of aryl methyl sites for hydroxylation is 1. The van der Waals surface area contributed by atoms with E-state index in [1.807, 2.05) is 30.2 Å². The van der Waals surface area contributed by atoms with Gasteiger partial charge >= 0.3 is 0 Å². The molecule has 1 aliphatic rings. The topological polar surface area (TPSA) is 41.4 Å². The number of amides is 1. The van der Waals surface area contributed by atoms with Crippen molar-refractivity contribution in [2.75, 3.05) is 19.6 Å². The summed E-state index contributed by atoms with van der Waals surface area (Å²) in [4.78, 5) is 17.4. The van der Waals surface area contributed by atoms with Gasteiger partial charge in [0.2, 0.25) is 0 Å². The summed E-state index contributed by atoms with van der Waals surface area (Å²) < 4.78 is 15.0. The molecule has 1 atom stereocenters. The number of hydrogen-bond donors (Lipinski definition) is 0. The first kappa shape index (κ1) is 19.5. The molecule has 1 aromatic carbocycles. The molecule has 1 amide bonds. The third-order valence-electron chi connectivity index (χ3n) is 5.31. The first-order valence-electron chi connectivity index (χ1n) is 9.78. The van der Waals surface area contributed by atoms with Gasteiger partial charge in [-0.1, -0.05) is 26.0 Å². The summed E-state index contributed by atoms with van der Waals surface area (Å²) in [5, 5.41) is 4.23. The van der Waals surface area contributed by atoms with Crippen LogP contribution in [-0.4, -0.2) is 51.2 Å². The van der Waals surface area contributed by atoms with Crippen LogP contribution in [0, 0.1) is 11.7 Å². The van der Waals surface area contributed by atoms with Crippen LogP contribution >= 0.6 is 0 Å². The van der Waals surface area contributed by atoms with E-state index in [1.165, 1.54) is 12.1 Å². The number of nitrogens with zero attached hydrogens (tertiary/aromatic N) is 4. The fourth-order valence-electron chi connectivity index (χ4n) is 3.73. The van der Waals surface area contributed by atoms with E-state index in [0.717, 1.165) is 38.2 Å². The lowest BCUT2D eigenvalue weighted by Crippen LogP contribution is -2.45. The highest BCUT2D eigenvalue weighted by atomic mass is 19.1. The van der Waals surface area contributed by atoms with Gasteiger partial charge in [0.1, 0.15) is 5.82 Å². The van der Waals surface area contributed by atoms with Gasteiger partial charge in [-0.2, -0.15) is 5.10 Å². The molecule has 0 saturated carbocycles. The number of hydrogen-bond acceptors (Lipinski definition) is 3. The van der Waals surface area contributed by atoms with Crippen molar-refractivity contribution in [3.8, 4) is 0 Å². The molecule has 0 N–H and O–H groups in total. The Morgan fingerprint density at radius 1 is 1.26 bits per heavy atom. The minimum atomic E-state index is -0.209. The molecule has 2 aromatic rings. The van der Waals surface area contributed by atoms with Crippen LogP contribution in [0.5, 0.6) is 0 Å².